The lowest BCUT2D eigenvalue weighted by molar-refractivity contribution is 0.673. The van der Waals surface area contributed by atoms with E-state index in [1.54, 1.807) is 0 Å². The third kappa shape index (κ3) is 5.13. The fraction of sp³-hybridized carbons (Fsp3) is 0. The third-order valence-electron chi connectivity index (χ3n) is 11.0. The van der Waals surface area contributed by atoms with Crippen LogP contribution in [0.5, 0.6) is 0 Å². The van der Waals surface area contributed by atoms with Gasteiger partial charge in [-0.05, 0) is 94.9 Å². The number of fused-ring (bicyclic) bond motifs is 8. The predicted molar refractivity (Wildman–Crippen MR) is 231 cm³/mol. The van der Waals surface area contributed by atoms with Gasteiger partial charge in [0.05, 0.1) is 16.7 Å². The zero-order valence-corrected chi connectivity index (χ0v) is 29.9. The van der Waals surface area contributed by atoms with Gasteiger partial charge in [-0.2, -0.15) is 0 Å². The molecular formula is C52H34N2O. The number of para-hydroxylation sites is 3. The van der Waals surface area contributed by atoms with Crippen LogP contribution in [-0.2, 0) is 0 Å². The van der Waals surface area contributed by atoms with E-state index in [1.165, 1.54) is 38.3 Å². The molecule has 9 aromatic carbocycles. The van der Waals surface area contributed by atoms with Crippen LogP contribution >= 0.6 is 0 Å². The first-order valence-electron chi connectivity index (χ1n) is 18.8. The van der Waals surface area contributed by atoms with E-state index in [2.05, 4.69) is 216 Å². The number of furan rings is 1. The summed E-state index contributed by atoms with van der Waals surface area (Å²) in [5.41, 5.74) is 13.2. The molecule has 2 heterocycles. The fourth-order valence-electron chi connectivity index (χ4n) is 8.40. The van der Waals surface area contributed by atoms with Crippen LogP contribution < -0.4 is 4.90 Å². The van der Waals surface area contributed by atoms with Gasteiger partial charge in [0, 0.05) is 49.6 Å². The highest BCUT2D eigenvalue weighted by atomic mass is 16.3. The smallest absolute Gasteiger partial charge is 0.143 e. The molecular weight excluding hydrogens is 669 g/mol. The monoisotopic (exact) mass is 702 g/mol. The zero-order chi connectivity index (χ0) is 36.3. The molecule has 0 atom stereocenters. The molecule has 0 unspecified atom stereocenters. The van der Waals surface area contributed by atoms with Gasteiger partial charge in [-0.3, -0.25) is 0 Å². The fourth-order valence-corrected chi connectivity index (χ4v) is 8.40. The van der Waals surface area contributed by atoms with Crippen molar-refractivity contribution in [2.75, 3.05) is 4.90 Å². The van der Waals surface area contributed by atoms with Crippen molar-refractivity contribution in [1.82, 2.24) is 4.57 Å². The minimum absolute atomic E-state index is 0.882. The van der Waals surface area contributed by atoms with Crippen molar-refractivity contribution in [2.24, 2.45) is 0 Å². The Morgan fingerprint density at radius 2 is 0.945 bits per heavy atom. The van der Waals surface area contributed by atoms with Gasteiger partial charge >= 0.3 is 0 Å². The summed E-state index contributed by atoms with van der Waals surface area (Å²) in [4.78, 5) is 2.37. The standard InChI is InChI=1S/C52H34N2O/c1-2-12-35(13-3-1)36-22-26-39(27-23-36)53(40-28-30-41(31-29-40)54-49-20-10-7-17-44(49)45-18-8-11-21-50(45)54)48-19-9-6-15-42(48)38-25-32-46-47-33-24-37-14-4-5-16-43(37)52(47)55-51(46)34-38/h1-34H. The largest absolute Gasteiger partial charge is 0.455 e. The lowest BCUT2D eigenvalue weighted by Gasteiger charge is -2.28. The molecule has 0 bridgehead atoms. The first kappa shape index (κ1) is 31.2. The lowest BCUT2D eigenvalue weighted by atomic mass is 9.99. The Hall–Kier alpha value is -7.36. The van der Waals surface area contributed by atoms with E-state index in [0.717, 1.165) is 61.2 Å². The second-order valence-electron chi connectivity index (χ2n) is 14.1. The number of rotatable bonds is 6. The summed E-state index contributed by atoms with van der Waals surface area (Å²) >= 11 is 0. The molecule has 11 aromatic rings. The van der Waals surface area contributed by atoms with E-state index in [4.69, 9.17) is 4.42 Å². The quantitative estimate of drug-likeness (QED) is 0.172. The van der Waals surface area contributed by atoms with Crippen LogP contribution in [0, 0.1) is 0 Å². The highest BCUT2D eigenvalue weighted by Gasteiger charge is 2.20. The second kappa shape index (κ2) is 12.6. The maximum atomic E-state index is 6.65. The van der Waals surface area contributed by atoms with Crippen LogP contribution in [0.15, 0.2) is 211 Å². The molecule has 0 N–H and O–H groups in total. The number of nitrogens with zero attached hydrogens (tertiary/aromatic N) is 2. The number of benzene rings is 9. The van der Waals surface area contributed by atoms with E-state index in [-0.39, 0.29) is 0 Å². The maximum Gasteiger partial charge on any atom is 0.143 e. The Balaban J connectivity index is 1.07. The van der Waals surface area contributed by atoms with Crippen molar-refractivity contribution < 1.29 is 4.42 Å². The van der Waals surface area contributed by atoms with Gasteiger partial charge in [-0.25, -0.2) is 0 Å². The summed E-state index contributed by atoms with van der Waals surface area (Å²) in [6, 6.07) is 73.9. The average Bonchev–Trinajstić information content (AvgIpc) is 3.81. The third-order valence-corrected chi connectivity index (χ3v) is 11.0. The lowest BCUT2D eigenvalue weighted by Crippen LogP contribution is -2.11. The first-order chi connectivity index (χ1) is 27.3. The van der Waals surface area contributed by atoms with E-state index < -0.39 is 0 Å². The zero-order valence-electron chi connectivity index (χ0n) is 29.9. The Morgan fingerprint density at radius 3 is 1.69 bits per heavy atom. The molecule has 0 saturated heterocycles. The van der Waals surface area contributed by atoms with Crippen molar-refractivity contribution in [3.05, 3.63) is 206 Å². The minimum atomic E-state index is 0.882. The van der Waals surface area contributed by atoms with Gasteiger partial charge in [-0.1, -0.05) is 133 Å². The Labute approximate surface area is 318 Å². The molecule has 0 saturated carbocycles. The van der Waals surface area contributed by atoms with Crippen molar-refractivity contribution in [2.45, 2.75) is 0 Å². The van der Waals surface area contributed by atoms with Crippen LogP contribution in [0.2, 0.25) is 0 Å². The summed E-state index contributed by atoms with van der Waals surface area (Å²) < 4.78 is 9.01. The molecule has 3 heteroatoms. The highest BCUT2D eigenvalue weighted by molar-refractivity contribution is 6.15. The van der Waals surface area contributed by atoms with Crippen molar-refractivity contribution in [1.29, 1.82) is 0 Å². The molecule has 11 rings (SSSR count). The molecule has 0 radical (unpaired) electrons. The summed E-state index contributed by atoms with van der Waals surface area (Å²) in [6.45, 7) is 0. The van der Waals surface area contributed by atoms with Crippen LogP contribution in [-0.4, -0.2) is 4.57 Å². The normalized spacial score (nSPS) is 11.6. The predicted octanol–water partition coefficient (Wildman–Crippen LogP) is 14.6. The highest BCUT2D eigenvalue weighted by Crippen LogP contribution is 2.44. The topological polar surface area (TPSA) is 21.3 Å². The van der Waals surface area contributed by atoms with Gasteiger partial charge < -0.3 is 13.9 Å². The van der Waals surface area contributed by atoms with Crippen molar-refractivity contribution in [3.63, 3.8) is 0 Å². The first-order valence-corrected chi connectivity index (χ1v) is 18.8. The van der Waals surface area contributed by atoms with Crippen molar-refractivity contribution in [3.8, 4) is 27.9 Å². The van der Waals surface area contributed by atoms with E-state index in [1.807, 2.05) is 0 Å². The maximum absolute atomic E-state index is 6.65. The number of hydrogen-bond donors (Lipinski definition) is 0. The molecule has 258 valence electrons. The van der Waals surface area contributed by atoms with Crippen LogP contribution in [0.3, 0.4) is 0 Å². The number of hydrogen-bond acceptors (Lipinski definition) is 2. The Kier molecular flexibility index (Phi) is 7.17. The average molecular weight is 703 g/mol. The molecule has 55 heavy (non-hydrogen) atoms. The molecule has 0 amide bonds. The Morgan fingerprint density at radius 1 is 0.382 bits per heavy atom. The summed E-state index contributed by atoms with van der Waals surface area (Å²) in [7, 11) is 0. The summed E-state index contributed by atoms with van der Waals surface area (Å²) in [5.74, 6) is 0. The van der Waals surface area contributed by atoms with Crippen LogP contribution in [0.1, 0.15) is 0 Å². The molecule has 0 fully saturated rings. The van der Waals surface area contributed by atoms with Crippen molar-refractivity contribution >= 4 is 71.6 Å². The number of aromatic nitrogens is 1. The molecule has 0 spiro atoms. The molecule has 0 aliphatic carbocycles. The summed E-state index contributed by atoms with van der Waals surface area (Å²) in [6.07, 6.45) is 0. The minimum Gasteiger partial charge on any atom is -0.455 e. The molecule has 0 aliphatic heterocycles. The van der Waals surface area contributed by atoms with E-state index in [0.29, 0.717) is 0 Å². The van der Waals surface area contributed by atoms with Gasteiger partial charge in [0.15, 0.2) is 0 Å². The molecule has 3 nitrogen and oxygen atoms in total. The van der Waals surface area contributed by atoms with Crippen LogP contribution in [0.25, 0.3) is 82.5 Å². The van der Waals surface area contributed by atoms with Crippen LogP contribution in [0.4, 0.5) is 17.1 Å². The van der Waals surface area contributed by atoms with E-state index >= 15 is 0 Å². The molecule has 2 aromatic heterocycles. The van der Waals surface area contributed by atoms with Gasteiger partial charge in [-0.15, -0.1) is 0 Å². The van der Waals surface area contributed by atoms with Gasteiger partial charge in [0.2, 0.25) is 0 Å². The second-order valence-corrected chi connectivity index (χ2v) is 14.1. The number of anilines is 3. The van der Waals surface area contributed by atoms with Gasteiger partial charge in [0.1, 0.15) is 11.2 Å². The van der Waals surface area contributed by atoms with Gasteiger partial charge in [0.25, 0.3) is 0 Å². The molecule has 0 aliphatic rings. The SMILES string of the molecule is c1ccc(-c2ccc(N(c3ccc(-n4c5ccccc5c5ccccc54)cc3)c3ccccc3-c3ccc4c(c3)oc3c5ccccc5ccc43)cc2)cc1. The van der Waals surface area contributed by atoms with E-state index in [9.17, 15) is 0 Å². The summed E-state index contributed by atoms with van der Waals surface area (Å²) in [5, 5.41) is 7.08. The Bertz CT molecular complexity index is 3140.